The van der Waals surface area contributed by atoms with Gasteiger partial charge in [0.25, 0.3) is 0 Å². The van der Waals surface area contributed by atoms with Crippen LogP contribution in [0.1, 0.15) is 104 Å². The van der Waals surface area contributed by atoms with Crippen LogP contribution in [0.4, 0.5) is 0 Å². The van der Waals surface area contributed by atoms with Crippen molar-refractivity contribution in [3.05, 3.63) is 22.5 Å². The fourth-order valence-corrected chi connectivity index (χ4v) is 5.28. The van der Waals surface area contributed by atoms with Crippen LogP contribution >= 0.6 is 0 Å². The molecular formula is C29H50N2O3. The standard InChI is InChI=1S/C29H50N2O3/c1-5-6-14-18-30-20-16-21-31(23-22-30)19-15-12-10-8-7-9-11-13-17-26-24(2)28(33)29(34-4)25(3)27(26)32/h5-23H2,1-4H3. The van der Waals surface area contributed by atoms with Crippen molar-refractivity contribution >= 4 is 11.6 Å². The Morgan fingerprint density at radius 3 is 1.76 bits per heavy atom. The van der Waals surface area contributed by atoms with Crippen LogP contribution in [0.25, 0.3) is 0 Å². The molecule has 1 aliphatic carbocycles. The van der Waals surface area contributed by atoms with Gasteiger partial charge >= 0.3 is 0 Å². The van der Waals surface area contributed by atoms with Crippen LogP contribution in [0.5, 0.6) is 0 Å². The molecule has 0 radical (unpaired) electrons. The van der Waals surface area contributed by atoms with Gasteiger partial charge in [-0.15, -0.1) is 0 Å². The zero-order valence-corrected chi connectivity index (χ0v) is 22.6. The van der Waals surface area contributed by atoms with Gasteiger partial charge in [0.15, 0.2) is 11.5 Å². The Bertz CT molecular complexity index is 710. The summed E-state index contributed by atoms with van der Waals surface area (Å²) in [4.78, 5) is 30.3. The minimum atomic E-state index is -0.126. The van der Waals surface area contributed by atoms with E-state index in [0.29, 0.717) is 23.1 Å². The molecule has 0 spiro atoms. The molecule has 194 valence electrons. The molecule has 0 N–H and O–H groups in total. The molecule has 1 aliphatic heterocycles. The summed E-state index contributed by atoms with van der Waals surface area (Å²) in [7, 11) is 1.46. The maximum Gasteiger partial charge on any atom is 0.224 e. The first kappa shape index (κ1) is 28.8. The highest BCUT2D eigenvalue weighted by Gasteiger charge is 2.30. The molecule has 0 atom stereocenters. The van der Waals surface area contributed by atoms with Gasteiger partial charge in [0.2, 0.25) is 5.78 Å². The summed E-state index contributed by atoms with van der Waals surface area (Å²) in [6.45, 7) is 13.4. The summed E-state index contributed by atoms with van der Waals surface area (Å²) in [6.07, 6.45) is 16.0. The molecule has 2 rings (SSSR count). The molecule has 0 unspecified atom stereocenters. The van der Waals surface area contributed by atoms with Crippen molar-refractivity contribution in [2.45, 2.75) is 104 Å². The Kier molecular flexibility index (Phi) is 13.8. The second kappa shape index (κ2) is 16.3. The zero-order valence-electron chi connectivity index (χ0n) is 22.6. The van der Waals surface area contributed by atoms with E-state index >= 15 is 0 Å². The first-order chi connectivity index (χ1) is 16.5. The number of carbonyl (C=O) groups is 2. The maximum atomic E-state index is 12.6. The highest BCUT2D eigenvalue weighted by atomic mass is 16.5. The Hall–Kier alpha value is -1.46. The van der Waals surface area contributed by atoms with E-state index in [1.54, 1.807) is 13.8 Å². The number of ketones is 2. The number of nitrogens with zero attached hydrogens (tertiary/aromatic N) is 2. The molecule has 0 aromatic carbocycles. The Balaban J connectivity index is 1.49. The molecule has 0 saturated carbocycles. The van der Waals surface area contributed by atoms with Gasteiger partial charge in [-0.25, -0.2) is 0 Å². The molecule has 0 aromatic rings. The number of unbranched alkanes of at least 4 members (excludes halogenated alkanes) is 9. The van der Waals surface area contributed by atoms with Crippen molar-refractivity contribution in [1.82, 2.24) is 9.80 Å². The fraction of sp³-hybridized carbons (Fsp3) is 0.793. The average Bonchev–Trinajstić information content (AvgIpc) is 3.06. The van der Waals surface area contributed by atoms with E-state index in [2.05, 4.69) is 16.7 Å². The van der Waals surface area contributed by atoms with Gasteiger partial charge in [0, 0.05) is 29.8 Å². The number of methoxy groups -OCH3 is 1. The van der Waals surface area contributed by atoms with Crippen molar-refractivity contribution in [3.63, 3.8) is 0 Å². The largest absolute Gasteiger partial charge is 0.492 e. The maximum absolute atomic E-state index is 12.6. The quantitative estimate of drug-likeness (QED) is 0.200. The number of rotatable bonds is 16. The Labute approximate surface area is 209 Å². The lowest BCUT2D eigenvalue weighted by Crippen LogP contribution is -2.31. The third-order valence-electron chi connectivity index (χ3n) is 7.57. The number of ether oxygens (including phenoxy) is 1. The summed E-state index contributed by atoms with van der Waals surface area (Å²) in [5.41, 5.74) is 1.72. The molecule has 0 aromatic heterocycles. The van der Waals surface area contributed by atoms with Gasteiger partial charge in [-0.3, -0.25) is 9.59 Å². The molecule has 5 heteroatoms. The van der Waals surface area contributed by atoms with Crippen LogP contribution in [0.15, 0.2) is 22.5 Å². The normalized spacial score (nSPS) is 18.7. The average molecular weight is 475 g/mol. The van der Waals surface area contributed by atoms with Crippen molar-refractivity contribution < 1.29 is 14.3 Å². The number of Topliss-reactive ketones (excluding diaryl/α,β-unsaturated/α-hetero) is 2. The van der Waals surface area contributed by atoms with E-state index < -0.39 is 0 Å². The second-order valence-electron chi connectivity index (χ2n) is 10.2. The van der Waals surface area contributed by atoms with E-state index in [1.165, 1.54) is 111 Å². The van der Waals surface area contributed by atoms with Crippen molar-refractivity contribution in [2.24, 2.45) is 0 Å². The van der Waals surface area contributed by atoms with Crippen LogP contribution in [0, 0.1) is 0 Å². The molecule has 0 amide bonds. The topological polar surface area (TPSA) is 49.9 Å². The predicted octanol–water partition coefficient (Wildman–Crippen LogP) is 6.08. The lowest BCUT2D eigenvalue weighted by molar-refractivity contribution is -0.118. The molecule has 0 bridgehead atoms. The van der Waals surface area contributed by atoms with Gasteiger partial charge in [-0.2, -0.15) is 0 Å². The molecule has 34 heavy (non-hydrogen) atoms. The Morgan fingerprint density at radius 2 is 1.21 bits per heavy atom. The van der Waals surface area contributed by atoms with E-state index in [0.717, 1.165) is 12.8 Å². The number of hydrogen-bond acceptors (Lipinski definition) is 5. The van der Waals surface area contributed by atoms with Crippen LogP contribution in [0.3, 0.4) is 0 Å². The number of allylic oxidation sites excluding steroid dienone is 3. The smallest absolute Gasteiger partial charge is 0.224 e. The minimum Gasteiger partial charge on any atom is -0.492 e. The van der Waals surface area contributed by atoms with Crippen molar-refractivity contribution in [2.75, 3.05) is 46.4 Å². The van der Waals surface area contributed by atoms with Gasteiger partial charge in [0.05, 0.1) is 7.11 Å². The summed E-state index contributed by atoms with van der Waals surface area (Å²) in [6, 6.07) is 0. The highest BCUT2D eigenvalue weighted by molar-refractivity contribution is 6.23. The SMILES string of the molecule is CCCCCN1CCCN(CCCCCCCCCCC2=C(C)C(=O)C(OC)=C(C)C2=O)CC1. The van der Waals surface area contributed by atoms with Crippen LogP contribution < -0.4 is 0 Å². The minimum absolute atomic E-state index is 0.0115. The van der Waals surface area contributed by atoms with E-state index in [4.69, 9.17) is 4.74 Å². The Morgan fingerprint density at radius 1 is 0.676 bits per heavy atom. The summed E-state index contributed by atoms with van der Waals surface area (Å²) < 4.78 is 5.13. The lowest BCUT2D eigenvalue weighted by Gasteiger charge is -2.21. The summed E-state index contributed by atoms with van der Waals surface area (Å²) >= 11 is 0. The van der Waals surface area contributed by atoms with Gasteiger partial charge in [-0.1, -0.05) is 58.3 Å². The highest BCUT2D eigenvalue weighted by Crippen LogP contribution is 2.28. The van der Waals surface area contributed by atoms with Crippen molar-refractivity contribution in [3.8, 4) is 0 Å². The van der Waals surface area contributed by atoms with Gasteiger partial charge < -0.3 is 14.5 Å². The number of carbonyl (C=O) groups excluding carboxylic acids is 2. The summed E-state index contributed by atoms with van der Waals surface area (Å²) in [5, 5.41) is 0. The first-order valence-corrected chi connectivity index (χ1v) is 14.0. The fourth-order valence-electron chi connectivity index (χ4n) is 5.28. The van der Waals surface area contributed by atoms with E-state index in [-0.39, 0.29) is 17.3 Å². The van der Waals surface area contributed by atoms with Gasteiger partial charge in [-0.05, 0) is 72.1 Å². The van der Waals surface area contributed by atoms with Gasteiger partial charge in [0.1, 0.15) is 0 Å². The zero-order chi connectivity index (χ0) is 24.8. The first-order valence-electron chi connectivity index (χ1n) is 14.0. The third kappa shape index (κ3) is 9.30. The molecule has 5 nitrogen and oxygen atoms in total. The van der Waals surface area contributed by atoms with Crippen LogP contribution in [-0.4, -0.2) is 67.7 Å². The number of hydrogen-bond donors (Lipinski definition) is 0. The summed E-state index contributed by atoms with van der Waals surface area (Å²) in [5.74, 6) is 0.0770. The molecule has 1 fully saturated rings. The van der Waals surface area contributed by atoms with Crippen LogP contribution in [-0.2, 0) is 14.3 Å². The molecule has 2 aliphatic rings. The van der Waals surface area contributed by atoms with E-state index in [9.17, 15) is 9.59 Å². The third-order valence-corrected chi connectivity index (χ3v) is 7.57. The molecular weight excluding hydrogens is 424 g/mol. The van der Waals surface area contributed by atoms with Crippen LogP contribution in [0.2, 0.25) is 0 Å². The van der Waals surface area contributed by atoms with E-state index in [1.807, 2.05) is 0 Å². The van der Waals surface area contributed by atoms with Crippen molar-refractivity contribution in [1.29, 1.82) is 0 Å². The monoisotopic (exact) mass is 474 g/mol. The predicted molar refractivity (Wildman–Crippen MR) is 141 cm³/mol. The lowest BCUT2D eigenvalue weighted by atomic mass is 9.86. The second-order valence-corrected chi connectivity index (χ2v) is 10.2. The molecule has 1 saturated heterocycles. The molecule has 1 heterocycles.